The molecule has 5 nitrogen and oxygen atoms in total. The number of fused-ring (bicyclic) bond motifs is 1. The number of nitrogens with one attached hydrogen (secondary N) is 1. The number of aromatic amines is 1. The van der Waals surface area contributed by atoms with Crippen LogP contribution in [0.3, 0.4) is 0 Å². The quantitative estimate of drug-likeness (QED) is 0.432. The third kappa shape index (κ3) is 4.36. The van der Waals surface area contributed by atoms with Crippen LogP contribution in [0.25, 0.3) is 10.9 Å². The molecular formula is C22H22F4N2O3. The first-order valence-corrected chi connectivity index (χ1v) is 9.42. The number of amides is 1. The standard InChI is InChI=1S/C22H22F4N2O3/c1-20(2,16-8-12(23)6-7-18(16)29)11-21(31,22(24,25)26)10-13-9-15-14(19(27)30)4-3-5-17(15)28-13/h3-9,28-29,31H,10-11H2,1-2H3,(H2,27,30). The molecule has 1 atom stereocenters. The smallest absolute Gasteiger partial charge is 0.417 e. The Kier molecular flexibility index (Phi) is 5.52. The number of H-pyrrole nitrogens is 1. The van der Waals surface area contributed by atoms with E-state index in [1.165, 1.54) is 32.0 Å². The second-order valence-corrected chi connectivity index (χ2v) is 8.35. The van der Waals surface area contributed by atoms with Gasteiger partial charge in [-0.2, -0.15) is 13.2 Å². The molecule has 0 saturated carbocycles. The molecule has 2 aromatic carbocycles. The van der Waals surface area contributed by atoms with Gasteiger partial charge in [0.15, 0.2) is 5.60 Å². The van der Waals surface area contributed by atoms with E-state index < -0.39 is 41.8 Å². The summed E-state index contributed by atoms with van der Waals surface area (Å²) in [5, 5.41) is 21.2. The van der Waals surface area contributed by atoms with E-state index in [-0.39, 0.29) is 22.6 Å². The van der Waals surface area contributed by atoms with Crippen molar-refractivity contribution in [2.24, 2.45) is 5.73 Å². The monoisotopic (exact) mass is 438 g/mol. The molecule has 3 aromatic rings. The van der Waals surface area contributed by atoms with Crippen molar-refractivity contribution in [2.45, 2.75) is 43.9 Å². The third-order valence-electron chi connectivity index (χ3n) is 5.42. The van der Waals surface area contributed by atoms with E-state index in [0.29, 0.717) is 10.9 Å². The lowest BCUT2D eigenvalue weighted by atomic mass is 9.73. The van der Waals surface area contributed by atoms with Gasteiger partial charge in [-0.1, -0.05) is 19.9 Å². The lowest BCUT2D eigenvalue weighted by molar-refractivity contribution is -0.266. The molecule has 1 aromatic heterocycles. The number of alkyl halides is 3. The molecule has 0 radical (unpaired) electrons. The Bertz CT molecular complexity index is 1140. The molecule has 3 rings (SSSR count). The molecule has 0 bridgehead atoms. The van der Waals surface area contributed by atoms with Crippen molar-refractivity contribution < 1.29 is 32.6 Å². The number of hydrogen-bond donors (Lipinski definition) is 4. The highest BCUT2D eigenvalue weighted by molar-refractivity contribution is 6.05. The normalized spacial score (nSPS) is 14.5. The van der Waals surface area contributed by atoms with Crippen LogP contribution in [0.1, 0.15) is 41.9 Å². The number of rotatable bonds is 6. The molecule has 0 fully saturated rings. The van der Waals surface area contributed by atoms with Crippen LogP contribution in [0.5, 0.6) is 5.75 Å². The van der Waals surface area contributed by atoms with Gasteiger partial charge in [0.05, 0.1) is 0 Å². The predicted molar refractivity (Wildman–Crippen MR) is 107 cm³/mol. The van der Waals surface area contributed by atoms with E-state index in [1.807, 2.05) is 0 Å². The molecule has 9 heteroatoms. The van der Waals surface area contributed by atoms with Crippen LogP contribution < -0.4 is 5.73 Å². The van der Waals surface area contributed by atoms with Crippen molar-refractivity contribution in [2.75, 3.05) is 0 Å². The van der Waals surface area contributed by atoms with Crippen molar-refractivity contribution in [1.82, 2.24) is 4.98 Å². The molecule has 31 heavy (non-hydrogen) atoms. The maximum Gasteiger partial charge on any atom is 0.417 e. The van der Waals surface area contributed by atoms with Crippen molar-refractivity contribution in [3.63, 3.8) is 0 Å². The van der Waals surface area contributed by atoms with E-state index in [9.17, 15) is 32.6 Å². The number of phenolic OH excluding ortho intramolecular Hbond substituents is 1. The van der Waals surface area contributed by atoms with Crippen LogP contribution in [0, 0.1) is 5.82 Å². The largest absolute Gasteiger partial charge is 0.508 e. The number of primary amides is 1. The lowest BCUT2D eigenvalue weighted by Gasteiger charge is -2.38. The summed E-state index contributed by atoms with van der Waals surface area (Å²) in [5.74, 6) is -1.82. The van der Waals surface area contributed by atoms with Crippen LogP contribution in [0.2, 0.25) is 0 Å². The zero-order valence-electron chi connectivity index (χ0n) is 16.8. The average molecular weight is 438 g/mol. The second kappa shape index (κ2) is 7.56. The summed E-state index contributed by atoms with van der Waals surface area (Å²) in [5.41, 5.74) is 1.22. The summed E-state index contributed by atoms with van der Waals surface area (Å²) in [6.45, 7) is 2.77. The molecule has 1 unspecified atom stereocenters. The van der Waals surface area contributed by atoms with Gasteiger partial charge >= 0.3 is 6.18 Å². The fourth-order valence-electron chi connectivity index (χ4n) is 3.98. The second-order valence-electron chi connectivity index (χ2n) is 8.35. The molecule has 0 saturated heterocycles. The Balaban J connectivity index is 2.02. The van der Waals surface area contributed by atoms with E-state index in [4.69, 9.17) is 5.73 Å². The molecule has 0 aliphatic carbocycles. The fourth-order valence-corrected chi connectivity index (χ4v) is 3.98. The summed E-state index contributed by atoms with van der Waals surface area (Å²) in [7, 11) is 0. The van der Waals surface area contributed by atoms with Crippen molar-refractivity contribution in [3.05, 3.63) is 65.1 Å². The highest BCUT2D eigenvalue weighted by Gasteiger charge is 2.56. The number of halogens is 4. The summed E-state index contributed by atoms with van der Waals surface area (Å²) in [4.78, 5) is 14.4. The molecule has 5 N–H and O–H groups in total. The van der Waals surface area contributed by atoms with E-state index in [1.54, 1.807) is 6.07 Å². The SMILES string of the molecule is CC(C)(CC(O)(Cc1cc2c(C(N)=O)cccc2[nH]1)C(F)(F)F)c1cc(F)ccc1O. The first kappa shape index (κ1) is 22.6. The number of nitrogens with two attached hydrogens (primary N) is 1. The number of hydrogen-bond acceptors (Lipinski definition) is 3. The Hall–Kier alpha value is -3.07. The predicted octanol–water partition coefficient (Wildman–Crippen LogP) is 4.32. The minimum Gasteiger partial charge on any atom is -0.508 e. The highest BCUT2D eigenvalue weighted by Crippen LogP contribution is 2.45. The van der Waals surface area contributed by atoms with Crippen LogP contribution in [0.4, 0.5) is 17.6 Å². The highest BCUT2D eigenvalue weighted by atomic mass is 19.4. The molecule has 166 valence electrons. The molecular weight excluding hydrogens is 416 g/mol. The Labute approximate surface area is 175 Å². The summed E-state index contributed by atoms with van der Waals surface area (Å²) >= 11 is 0. The van der Waals surface area contributed by atoms with Gasteiger partial charge in [0.1, 0.15) is 11.6 Å². The first-order valence-electron chi connectivity index (χ1n) is 9.42. The molecule has 1 amide bonds. The van der Waals surface area contributed by atoms with Crippen LogP contribution in [-0.4, -0.2) is 32.9 Å². The third-order valence-corrected chi connectivity index (χ3v) is 5.42. The van der Waals surface area contributed by atoms with Crippen molar-refractivity contribution >= 4 is 16.8 Å². The number of carbonyl (C=O) groups excluding carboxylic acids is 1. The Morgan fingerprint density at radius 3 is 2.42 bits per heavy atom. The van der Waals surface area contributed by atoms with Crippen molar-refractivity contribution in [1.29, 1.82) is 0 Å². The number of aliphatic hydroxyl groups is 1. The van der Waals surface area contributed by atoms with Gasteiger partial charge in [-0.25, -0.2) is 4.39 Å². The number of phenols is 1. The number of benzene rings is 2. The van der Waals surface area contributed by atoms with E-state index in [2.05, 4.69) is 4.98 Å². The summed E-state index contributed by atoms with van der Waals surface area (Å²) < 4.78 is 55.7. The fraction of sp³-hybridized carbons (Fsp3) is 0.318. The van der Waals surface area contributed by atoms with Gasteiger partial charge in [-0.15, -0.1) is 0 Å². The minimum absolute atomic E-state index is 0.0442. The zero-order chi connectivity index (χ0) is 23.2. The maximum atomic E-state index is 14.0. The number of carbonyl (C=O) groups is 1. The molecule has 0 aliphatic rings. The lowest BCUT2D eigenvalue weighted by Crippen LogP contribution is -2.50. The topological polar surface area (TPSA) is 99.3 Å². The van der Waals surface area contributed by atoms with Gasteiger partial charge in [0.25, 0.3) is 0 Å². The van der Waals surface area contributed by atoms with E-state index in [0.717, 1.165) is 18.2 Å². The summed E-state index contributed by atoms with van der Waals surface area (Å²) in [6, 6.07) is 8.91. The van der Waals surface area contributed by atoms with Crippen LogP contribution in [-0.2, 0) is 11.8 Å². The molecule has 0 spiro atoms. The maximum absolute atomic E-state index is 14.0. The average Bonchev–Trinajstić information content (AvgIpc) is 3.03. The minimum atomic E-state index is -5.03. The van der Waals surface area contributed by atoms with E-state index >= 15 is 0 Å². The Morgan fingerprint density at radius 2 is 1.81 bits per heavy atom. The summed E-state index contributed by atoms with van der Waals surface area (Å²) in [6.07, 6.45) is -6.72. The van der Waals surface area contributed by atoms with Gasteiger partial charge < -0.3 is 20.9 Å². The zero-order valence-corrected chi connectivity index (χ0v) is 16.8. The first-order chi connectivity index (χ1) is 14.2. The van der Waals surface area contributed by atoms with Crippen LogP contribution in [0.15, 0.2) is 42.5 Å². The number of aromatic nitrogens is 1. The van der Waals surface area contributed by atoms with Gasteiger partial charge in [-0.3, -0.25) is 4.79 Å². The van der Waals surface area contributed by atoms with Gasteiger partial charge in [0, 0.05) is 34.1 Å². The number of aromatic hydroxyl groups is 1. The van der Waals surface area contributed by atoms with Gasteiger partial charge in [0.2, 0.25) is 5.91 Å². The van der Waals surface area contributed by atoms with Crippen molar-refractivity contribution in [3.8, 4) is 5.75 Å². The molecule has 0 aliphatic heterocycles. The molecule has 1 heterocycles. The Morgan fingerprint density at radius 1 is 1.13 bits per heavy atom. The van der Waals surface area contributed by atoms with Crippen LogP contribution >= 0.6 is 0 Å². The van der Waals surface area contributed by atoms with Gasteiger partial charge in [-0.05, 0) is 48.2 Å².